The zero-order valence-corrected chi connectivity index (χ0v) is 13.9. The Kier molecular flexibility index (Phi) is 4.45. The third kappa shape index (κ3) is 3.40. The van der Waals surface area contributed by atoms with Gasteiger partial charge in [-0.1, -0.05) is 11.2 Å². The zero-order chi connectivity index (χ0) is 17.1. The third-order valence-corrected chi connectivity index (χ3v) is 4.35. The summed E-state index contributed by atoms with van der Waals surface area (Å²) in [6, 6.07) is 10.1. The molecule has 0 unspecified atom stereocenters. The Balaban J connectivity index is 1.41. The summed E-state index contributed by atoms with van der Waals surface area (Å²) in [5.41, 5.74) is 0.843. The first-order valence-electron chi connectivity index (χ1n) is 8.24. The molecule has 4 rings (SSSR count). The van der Waals surface area contributed by atoms with E-state index < -0.39 is 0 Å². The fourth-order valence-electron chi connectivity index (χ4n) is 3.05. The van der Waals surface area contributed by atoms with Gasteiger partial charge in [0.25, 0.3) is 5.89 Å². The Morgan fingerprint density at radius 1 is 1.36 bits per heavy atom. The smallest absolute Gasteiger partial charge is 0.258 e. The molecule has 8 nitrogen and oxygen atoms in total. The van der Waals surface area contributed by atoms with E-state index in [1.54, 1.807) is 13.3 Å². The van der Waals surface area contributed by atoms with Gasteiger partial charge in [0.15, 0.2) is 5.82 Å². The molecule has 8 heteroatoms. The lowest BCUT2D eigenvalue weighted by molar-refractivity contribution is 0.376. The molecule has 2 atom stereocenters. The second-order valence-corrected chi connectivity index (χ2v) is 5.95. The molecule has 1 aliphatic rings. The SMILES string of the molecule is COc1cccc(-c2nc(CN[C@@H]3CNC[C@@H]3n3cccn3)no2)c1. The maximum absolute atomic E-state index is 5.37. The average Bonchev–Trinajstić information content (AvgIpc) is 3.40. The summed E-state index contributed by atoms with van der Waals surface area (Å²) in [6.45, 7) is 2.31. The molecule has 0 radical (unpaired) electrons. The summed E-state index contributed by atoms with van der Waals surface area (Å²) in [4.78, 5) is 4.47. The van der Waals surface area contributed by atoms with E-state index in [-0.39, 0.29) is 12.1 Å². The third-order valence-electron chi connectivity index (χ3n) is 4.35. The summed E-state index contributed by atoms with van der Waals surface area (Å²) < 4.78 is 12.6. The predicted molar refractivity (Wildman–Crippen MR) is 91.0 cm³/mol. The van der Waals surface area contributed by atoms with Gasteiger partial charge in [-0.25, -0.2) is 0 Å². The molecule has 2 aromatic heterocycles. The summed E-state index contributed by atoms with van der Waals surface area (Å²) in [7, 11) is 1.63. The number of aromatic nitrogens is 4. The van der Waals surface area contributed by atoms with Gasteiger partial charge in [-0.15, -0.1) is 0 Å². The van der Waals surface area contributed by atoms with Crippen LogP contribution in [0.25, 0.3) is 11.5 Å². The van der Waals surface area contributed by atoms with Gasteiger partial charge in [0.2, 0.25) is 0 Å². The van der Waals surface area contributed by atoms with Crippen molar-refractivity contribution < 1.29 is 9.26 Å². The van der Waals surface area contributed by atoms with Crippen LogP contribution in [-0.4, -0.2) is 46.2 Å². The van der Waals surface area contributed by atoms with E-state index in [0.29, 0.717) is 18.3 Å². The Morgan fingerprint density at radius 3 is 3.16 bits per heavy atom. The normalized spacial score (nSPS) is 20.0. The molecule has 0 aliphatic carbocycles. The van der Waals surface area contributed by atoms with Gasteiger partial charge >= 0.3 is 0 Å². The van der Waals surface area contributed by atoms with E-state index in [4.69, 9.17) is 9.26 Å². The van der Waals surface area contributed by atoms with Crippen LogP contribution in [0.4, 0.5) is 0 Å². The molecule has 1 aromatic carbocycles. The standard InChI is InChI=1S/C17H20N6O2/c1-24-13-5-2-4-12(8-13)17-21-16(22-25-17)11-19-14-9-18-10-15(14)23-7-3-6-20-23/h2-8,14-15,18-19H,9-11H2,1H3/t14-,15+/m1/s1. The van der Waals surface area contributed by atoms with Gasteiger partial charge < -0.3 is 19.9 Å². The number of benzene rings is 1. The number of nitrogens with one attached hydrogen (secondary N) is 2. The lowest BCUT2D eigenvalue weighted by Gasteiger charge is -2.19. The van der Waals surface area contributed by atoms with E-state index in [1.165, 1.54) is 0 Å². The molecule has 0 spiro atoms. The minimum absolute atomic E-state index is 0.263. The second kappa shape index (κ2) is 7.04. The number of hydrogen-bond donors (Lipinski definition) is 2. The monoisotopic (exact) mass is 340 g/mol. The largest absolute Gasteiger partial charge is 0.497 e. The van der Waals surface area contributed by atoms with Gasteiger partial charge in [0.1, 0.15) is 5.75 Å². The summed E-state index contributed by atoms with van der Waals surface area (Å²) in [5.74, 6) is 1.88. The molecule has 25 heavy (non-hydrogen) atoms. The fourth-order valence-corrected chi connectivity index (χ4v) is 3.05. The van der Waals surface area contributed by atoms with Crippen LogP contribution >= 0.6 is 0 Å². The van der Waals surface area contributed by atoms with Crippen LogP contribution in [0.1, 0.15) is 11.9 Å². The van der Waals surface area contributed by atoms with Gasteiger partial charge in [0, 0.05) is 37.1 Å². The first-order chi connectivity index (χ1) is 12.3. The highest BCUT2D eigenvalue weighted by Gasteiger charge is 2.28. The molecule has 0 saturated carbocycles. The Morgan fingerprint density at radius 2 is 2.32 bits per heavy atom. The molecule has 0 amide bonds. The molecular weight excluding hydrogens is 320 g/mol. The molecule has 1 fully saturated rings. The zero-order valence-electron chi connectivity index (χ0n) is 13.9. The van der Waals surface area contributed by atoms with Gasteiger partial charge in [-0.3, -0.25) is 4.68 Å². The van der Waals surface area contributed by atoms with Gasteiger partial charge in [-0.05, 0) is 24.3 Å². The van der Waals surface area contributed by atoms with Crippen LogP contribution in [0.2, 0.25) is 0 Å². The molecule has 130 valence electrons. The second-order valence-electron chi connectivity index (χ2n) is 5.95. The topological polar surface area (TPSA) is 90.0 Å². The lowest BCUT2D eigenvalue weighted by Crippen LogP contribution is -2.37. The van der Waals surface area contributed by atoms with E-state index in [2.05, 4.69) is 25.9 Å². The van der Waals surface area contributed by atoms with Gasteiger partial charge in [-0.2, -0.15) is 10.1 Å². The quantitative estimate of drug-likeness (QED) is 0.698. The van der Waals surface area contributed by atoms with Crippen LogP contribution in [0.15, 0.2) is 47.2 Å². The molecule has 3 heterocycles. The van der Waals surface area contributed by atoms with E-state index >= 15 is 0 Å². The van der Waals surface area contributed by atoms with Gasteiger partial charge in [0.05, 0.1) is 19.7 Å². The van der Waals surface area contributed by atoms with Crippen molar-refractivity contribution in [3.63, 3.8) is 0 Å². The van der Waals surface area contributed by atoms with Crippen molar-refractivity contribution >= 4 is 0 Å². The molecule has 3 aromatic rings. The van der Waals surface area contributed by atoms with Crippen LogP contribution in [-0.2, 0) is 6.54 Å². The first kappa shape index (κ1) is 15.8. The predicted octanol–water partition coefficient (Wildman–Crippen LogP) is 1.24. The Labute approximate surface area is 145 Å². The molecule has 1 saturated heterocycles. The highest BCUT2D eigenvalue weighted by molar-refractivity contribution is 5.55. The Bertz CT molecular complexity index is 816. The van der Waals surface area contributed by atoms with Crippen LogP contribution in [0.5, 0.6) is 5.75 Å². The lowest BCUT2D eigenvalue weighted by atomic mass is 10.2. The first-order valence-corrected chi connectivity index (χ1v) is 8.24. The van der Waals surface area contributed by atoms with Crippen molar-refractivity contribution in [1.29, 1.82) is 0 Å². The van der Waals surface area contributed by atoms with Crippen LogP contribution in [0, 0.1) is 0 Å². The van der Waals surface area contributed by atoms with Crippen LogP contribution in [0.3, 0.4) is 0 Å². The molecule has 0 bridgehead atoms. The number of hydrogen-bond acceptors (Lipinski definition) is 7. The van der Waals surface area contributed by atoms with Crippen molar-refractivity contribution in [2.45, 2.75) is 18.6 Å². The average molecular weight is 340 g/mol. The highest BCUT2D eigenvalue weighted by Crippen LogP contribution is 2.22. The maximum atomic E-state index is 5.37. The minimum Gasteiger partial charge on any atom is -0.497 e. The molecule has 2 N–H and O–H groups in total. The van der Waals surface area contributed by atoms with E-state index in [1.807, 2.05) is 41.2 Å². The van der Waals surface area contributed by atoms with Crippen LogP contribution < -0.4 is 15.4 Å². The fraction of sp³-hybridized carbons (Fsp3) is 0.353. The van der Waals surface area contributed by atoms with E-state index in [0.717, 1.165) is 24.4 Å². The van der Waals surface area contributed by atoms with Crippen molar-refractivity contribution in [3.05, 3.63) is 48.5 Å². The Hall–Kier alpha value is -2.71. The minimum atomic E-state index is 0.263. The number of methoxy groups -OCH3 is 1. The van der Waals surface area contributed by atoms with Crippen molar-refractivity contribution in [2.75, 3.05) is 20.2 Å². The van der Waals surface area contributed by atoms with Crippen molar-refractivity contribution in [2.24, 2.45) is 0 Å². The summed E-state index contributed by atoms with van der Waals surface area (Å²) >= 11 is 0. The number of ether oxygens (including phenoxy) is 1. The summed E-state index contributed by atoms with van der Waals surface area (Å²) in [6.07, 6.45) is 3.79. The maximum Gasteiger partial charge on any atom is 0.258 e. The number of rotatable bonds is 6. The van der Waals surface area contributed by atoms with E-state index in [9.17, 15) is 0 Å². The molecule has 1 aliphatic heterocycles. The van der Waals surface area contributed by atoms with Crippen molar-refractivity contribution in [3.8, 4) is 17.2 Å². The highest BCUT2D eigenvalue weighted by atomic mass is 16.5. The molecular formula is C17H20N6O2. The summed E-state index contributed by atoms with van der Waals surface area (Å²) in [5, 5.41) is 15.3. The van der Waals surface area contributed by atoms with Crippen molar-refractivity contribution in [1.82, 2.24) is 30.6 Å². The number of nitrogens with zero attached hydrogens (tertiary/aromatic N) is 4.